The van der Waals surface area contributed by atoms with E-state index >= 15 is 0 Å². The van der Waals surface area contributed by atoms with Gasteiger partial charge in [-0.3, -0.25) is 14.9 Å². The monoisotopic (exact) mass is 315 g/mol. The number of halogens is 1. The fourth-order valence-corrected chi connectivity index (χ4v) is 2.30. The molecule has 1 saturated heterocycles. The number of nitrogens with zero attached hydrogens (tertiary/aromatic N) is 1. The number of aromatic hydroxyl groups is 1. The Morgan fingerprint density at radius 1 is 1.52 bits per heavy atom. The topological polar surface area (TPSA) is 104 Å². The van der Waals surface area contributed by atoms with Gasteiger partial charge in [0.05, 0.1) is 4.92 Å². The quantitative estimate of drug-likeness (QED) is 0.578. The summed E-state index contributed by atoms with van der Waals surface area (Å²) < 4.78 is 0. The summed E-state index contributed by atoms with van der Waals surface area (Å²) >= 11 is 0. The summed E-state index contributed by atoms with van der Waals surface area (Å²) in [4.78, 5) is 22.0. The molecule has 0 aliphatic carbocycles. The lowest BCUT2D eigenvalue weighted by atomic mass is 9.95. The van der Waals surface area contributed by atoms with Crippen LogP contribution in [0.5, 0.6) is 5.75 Å². The number of amides is 1. The van der Waals surface area contributed by atoms with E-state index in [1.807, 2.05) is 6.92 Å². The minimum absolute atomic E-state index is 0. The lowest BCUT2D eigenvalue weighted by Crippen LogP contribution is -2.48. The summed E-state index contributed by atoms with van der Waals surface area (Å²) in [7, 11) is 0. The van der Waals surface area contributed by atoms with Crippen LogP contribution in [0.1, 0.15) is 23.7 Å². The molecule has 0 saturated carbocycles. The lowest BCUT2D eigenvalue weighted by molar-refractivity contribution is -0.385. The highest BCUT2D eigenvalue weighted by Crippen LogP contribution is 2.26. The molecular weight excluding hydrogens is 298 g/mol. The molecule has 1 aromatic rings. The number of benzene rings is 1. The molecule has 2 atom stereocenters. The van der Waals surface area contributed by atoms with Crippen molar-refractivity contribution in [2.75, 3.05) is 13.1 Å². The van der Waals surface area contributed by atoms with Crippen LogP contribution in [0.2, 0.25) is 0 Å². The predicted molar refractivity (Wildman–Crippen MR) is 79.9 cm³/mol. The Kier molecular flexibility index (Phi) is 5.92. The lowest BCUT2D eigenvalue weighted by Gasteiger charge is -2.30. The highest BCUT2D eigenvalue weighted by atomic mass is 35.5. The van der Waals surface area contributed by atoms with E-state index in [4.69, 9.17) is 0 Å². The molecule has 1 aromatic carbocycles. The molecule has 1 amide bonds. The first-order valence-electron chi connectivity index (χ1n) is 6.48. The minimum Gasteiger partial charge on any atom is -0.502 e. The van der Waals surface area contributed by atoms with Crippen molar-refractivity contribution in [3.05, 3.63) is 33.9 Å². The van der Waals surface area contributed by atoms with Crippen LogP contribution < -0.4 is 10.6 Å². The van der Waals surface area contributed by atoms with Crippen molar-refractivity contribution in [2.24, 2.45) is 5.92 Å². The van der Waals surface area contributed by atoms with Gasteiger partial charge in [0, 0.05) is 17.7 Å². The largest absolute Gasteiger partial charge is 0.502 e. The van der Waals surface area contributed by atoms with E-state index in [1.165, 1.54) is 6.07 Å². The third-order valence-corrected chi connectivity index (χ3v) is 3.54. The molecule has 21 heavy (non-hydrogen) atoms. The van der Waals surface area contributed by atoms with Crippen LogP contribution in [0.15, 0.2) is 18.2 Å². The number of phenols is 1. The number of piperidine rings is 1. The second-order valence-corrected chi connectivity index (χ2v) is 5.01. The van der Waals surface area contributed by atoms with Crippen molar-refractivity contribution < 1.29 is 14.8 Å². The van der Waals surface area contributed by atoms with Crippen LogP contribution >= 0.6 is 12.4 Å². The Morgan fingerprint density at radius 2 is 2.24 bits per heavy atom. The van der Waals surface area contributed by atoms with Crippen LogP contribution in [-0.4, -0.2) is 35.1 Å². The Morgan fingerprint density at radius 3 is 2.81 bits per heavy atom. The second kappa shape index (κ2) is 7.24. The summed E-state index contributed by atoms with van der Waals surface area (Å²) in [6.45, 7) is 3.74. The van der Waals surface area contributed by atoms with Gasteiger partial charge < -0.3 is 15.7 Å². The number of phenolic OH excluding ortho intramolecular Hbond substituents is 1. The van der Waals surface area contributed by atoms with Gasteiger partial charge in [0.25, 0.3) is 5.91 Å². The zero-order valence-electron chi connectivity index (χ0n) is 11.5. The Balaban J connectivity index is 0.00000220. The summed E-state index contributed by atoms with van der Waals surface area (Å²) in [5.74, 6) is -0.505. The average molecular weight is 316 g/mol. The molecule has 1 aliphatic heterocycles. The second-order valence-electron chi connectivity index (χ2n) is 5.01. The molecule has 1 aliphatic rings. The number of nitro groups is 1. The van der Waals surface area contributed by atoms with Gasteiger partial charge in [-0.25, -0.2) is 0 Å². The van der Waals surface area contributed by atoms with E-state index in [1.54, 1.807) is 0 Å². The number of nitrogens with one attached hydrogen (secondary N) is 2. The molecule has 1 fully saturated rings. The zero-order valence-corrected chi connectivity index (χ0v) is 12.4. The minimum atomic E-state index is -0.689. The van der Waals surface area contributed by atoms with Crippen LogP contribution in [-0.2, 0) is 0 Å². The molecule has 116 valence electrons. The van der Waals surface area contributed by atoms with Gasteiger partial charge in [-0.05, 0) is 37.6 Å². The van der Waals surface area contributed by atoms with Gasteiger partial charge in [-0.1, -0.05) is 6.92 Å². The summed E-state index contributed by atoms with van der Waals surface area (Å²) in [5, 5.41) is 26.3. The average Bonchev–Trinajstić information content (AvgIpc) is 2.40. The Hall–Kier alpha value is -1.86. The number of carbonyl (C=O) groups is 1. The van der Waals surface area contributed by atoms with Gasteiger partial charge in [0.15, 0.2) is 5.75 Å². The van der Waals surface area contributed by atoms with E-state index in [0.717, 1.165) is 31.6 Å². The normalized spacial score (nSPS) is 21.2. The van der Waals surface area contributed by atoms with Crippen LogP contribution in [0, 0.1) is 16.0 Å². The van der Waals surface area contributed by atoms with Gasteiger partial charge in [-0.15, -0.1) is 12.4 Å². The molecule has 2 unspecified atom stereocenters. The molecule has 2 rings (SSSR count). The van der Waals surface area contributed by atoms with Gasteiger partial charge in [0.1, 0.15) is 0 Å². The van der Waals surface area contributed by atoms with Crippen LogP contribution in [0.25, 0.3) is 0 Å². The molecule has 0 bridgehead atoms. The predicted octanol–water partition coefficient (Wildman–Crippen LogP) is 1.45. The SMILES string of the molecule is CC1CNCCC1NC(=O)c1ccc([N+](=O)[O-])c(O)c1.Cl. The molecule has 0 radical (unpaired) electrons. The van der Waals surface area contributed by atoms with Crippen molar-refractivity contribution in [1.82, 2.24) is 10.6 Å². The molecule has 0 aromatic heterocycles. The van der Waals surface area contributed by atoms with E-state index in [0.29, 0.717) is 5.92 Å². The first kappa shape index (κ1) is 17.2. The Bertz CT molecular complexity index is 538. The molecule has 0 spiro atoms. The summed E-state index contributed by atoms with van der Waals surface area (Å²) in [5.41, 5.74) is -0.185. The molecule has 7 nitrogen and oxygen atoms in total. The third-order valence-electron chi connectivity index (χ3n) is 3.54. The third kappa shape index (κ3) is 4.05. The number of nitro benzene ring substituents is 1. The van der Waals surface area contributed by atoms with Gasteiger partial charge in [0.2, 0.25) is 0 Å². The van der Waals surface area contributed by atoms with Gasteiger partial charge >= 0.3 is 5.69 Å². The molecule has 8 heteroatoms. The molecule has 1 heterocycles. The van der Waals surface area contributed by atoms with Crippen molar-refractivity contribution in [1.29, 1.82) is 0 Å². The maximum atomic E-state index is 12.1. The van der Waals surface area contributed by atoms with Crippen LogP contribution in [0.4, 0.5) is 5.69 Å². The van der Waals surface area contributed by atoms with Crippen molar-refractivity contribution >= 4 is 24.0 Å². The van der Waals surface area contributed by atoms with E-state index < -0.39 is 16.4 Å². The first-order chi connectivity index (χ1) is 9.49. The van der Waals surface area contributed by atoms with Crippen LogP contribution in [0.3, 0.4) is 0 Å². The van der Waals surface area contributed by atoms with E-state index in [9.17, 15) is 20.0 Å². The smallest absolute Gasteiger partial charge is 0.310 e. The molecular formula is C13H18ClN3O4. The van der Waals surface area contributed by atoms with Gasteiger partial charge in [-0.2, -0.15) is 0 Å². The number of rotatable bonds is 3. The first-order valence-corrected chi connectivity index (χ1v) is 6.48. The van der Waals surface area contributed by atoms with Crippen molar-refractivity contribution in [3.8, 4) is 5.75 Å². The molecule has 3 N–H and O–H groups in total. The van der Waals surface area contributed by atoms with Crippen molar-refractivity contribution in [2.45, 2.75) is 19.4 Å². The summed E-state index contributed by atoms with van der Waals surface area (Å²) in [6.07, 6.45) is 0.839. The Labute approximate surface area is 128 Å². The maximum absolute atomic E-state index is 12.1. The zero-order chi connectivity index (χ0) is 14.7. The van der Waals surface area contributed by atoms with Crippen molar-refractivity contribution in [3.63, 3.8) is 0 Å². The van der Waals surface area contributed by atoms with E-state index in [-0.39, 0.29) is 29.9 Å². The maximum Gasteiger partial charge on any atom is 0.310 e. The summed E-state index contributed by atoms with van der Waals surface area (Å²) in [6, 6.07) is 3.68. The number of carbonyl (C=O) groups excluding carboxylic acids is 1. The number of hydrogen-bond donors (Lipinski definition) is 3. The number of hydrogen-bond acceptors (Lipinski definition) is 5. The standard InChI is InChI=1S/C13H17N3O4.ClH/c1-8-7-14-5-4-10(8)15-13(18)9-2-3-11(16(19)20)12(17)6-9;/h2-3,6,8,10,14,17H,4-5,7H2,1H3,(H,15,18);1H. The fourth-order valence-electron chi connectivity index (χ4n) is 2.30. The highest BCUT2D eigenvalue weighted by Gasteiger charge is 2.24. The van der Waals surface area contributed by atoms with E-state index in [2.05, 4.69) is 10.6 Å². The highest BCUT2D eigenvalue weighted by molar-refractivity contribution is 5.95. The fraction of sp³-hybridized carbons (Fsp3) is 0.462.